The van der Waals surface area contributed by atoms with Crippen molar-refractivity contribution in [3.8, 4) is 0 Å². The van der Waals surface area contributed by atoms with Crippen LogP contribution in [0.15, 0.2) is 27.9 Å². The highest BCUT2D eigenvalue weighted by atomic mass is 31.1. The Hall–Kier alpha value is -2.44. The summed E-state index contributed by atoms with van der Waals surface area (Å²) in [6.07, 6.45) is 1.86. The summed E-state index contributed by atoms with van der Waals surface area (Å²) in [4.78, 5) is 42.5. The van der Waals surface area contributed by atoms with Gasteiger partial charge in [0, 0.05) is 33.9 Å². The number of benzene rings is 1. The monoisotopic (exact) mass is 448 g/mol. The van der Waals surface area contributed by atoms with Crippen LogP contribution in [0.3, 0.4) is 0 Å². The summed E-state index contributed by atoms with van der Waals surface area (Å²) in [6.45, 7) is 9.32. The third-order valence-corrected chi connectivity index (χ3v) is 7.46. The lowest BCUT2D eigenvalue weighted by atomic mass is 10.1. The highest BCUT2D eigenvalue weighted by Crippen LogP contribution is 2.25. The summed E-state index contributed by atoms with van der Waals surface area (Å²) in [5.41, 5.74) is 3.27. The van der Waals surface area contributed by atoms with E-state index in [1.165, 1.54) is 17.7 Å². The summed E-state index contributed by atoms with van der Waals surface area (Å²) in [6, 6.07) is 3.98. The van der Waals surface area contributed by atoms with Crippen molar-refractivity contribution in [2.24, 2.45) is 0 Å². The van der Waals surface area contributed by atoms with E-state index < -0.39 is 7.69 Å². The lowest BCUT2D eigenvalue weighted by molar-refractivity contribution is -0.871. The van der Waals surface area contributed by atoms with E-state index in [2.05, 4.69) is 10.3 Å². The second-order valence-electron chi connectivity index (χ2n) is 8.79. The number of aryl methyl sites for hydroxylation is 2. The number of nitrogens with zero attached hydrogens (tertiary/aromatic N) is 4. The van der Waals surface area contributed by atoms with Gasteiger partial charge in [-0.15, -0.1) is 0 Å². The number of amides is 1. The molecule has 0 bridgehead atoms. The van der Waals surface area contributed by atoms with E-state index >= 15 is 0 Å². The van der Waals surface area contributed by atoms with Gasteiger partial charge in [-0.1, -0.05) is 6.92 Å². The van der Waals surface area contributed by atoms with Gasteiger partial charge in [-0.25, -0.2) is 4.98 Å². The van der Waals surface area contributed by atoms with E-state index in [4.69, 9.17) is 0 Å². The highest BCUT2D eigenvalue weighted by Gasteiger charge is 2.13. The molecule has 8 nitrogen and oxygen atoms in total. The normalized spacial score (nSPS) is 12.0. The van der Waals surface area contributed by atoms with Crippen molar-refractivity contribution in [3.63, 3.8) is 0 Å². The standard InChI is InChI=1S/C22H34N5O3P/c1-8-31-22(30)25(11-12-27(5,6)7)21(29)15-24-19-13-16(2)17(3)14-20(19)26(31)10-9-23-18(4)28/h13-15H,8-12H2,1-7H3/p+1. The Morgan fingerprint density at radius 2 is 1.77 bits per heavy atom. The minimum atomic E-state index is -1.35. The molecule has 1 heterocycles. The Bertz CT molecular complexity index is 1140. The Balaban J connectivity index is 2.94. The molecule has 0 aliphatic rings. The second-order valence-corrected chi connectivity index (χ2v) is 11.1. The minimum absolute atomic E-state index is 0.116. The lowest BCUT2D eigenvalue weighted by Gasteiger charge is -2.23. The van der Waals surface area contributed by atoms with Gasteiger partial charge in [-0.2, -0.15) is 0 Å². The van der Waals surface area contributed by atoms with Crippen LogP contribution in [-0.2, 0) is 24.0 Å². The molecular formula is C22H35N5O3P+. The van der Waals surface area contributed by atoms with Crippen LogP contribution in [0, 0.1) is 13.8 Å². The van der Waals surface area contributed by atoms with Crippen LogP contribution in [0.25, 0.3) is 11.0 Å². The molecule has 0 aliphatic heterocycles. The van der Waals surface area contributed by atoms with Gasteiger partial charge in [0.25, 0.3) is 10.9 Å². The molecule has 0 radical (unpaired) electrons. The van der Waals surface area contributed by atoms with Gasteiger partial charge in [0.1, 0.15) is 0 Å². The van der Waals surface area contributed by atoms with Gasteiger partial charge in [-0.05, 0) is 37.1 Å². The van der Waals surface area contributed by atoms with E-state index in [9.17, 15) is 14.4 Å². The molecule has 2 aromatic rings. The maximum absolute atomic E-state index is 13.6. The minimum Gasteiger partial charge on any atom is -0.355 e. The van der Waals surface area contributed by atoms with Gasteiger partial charge >= 0.3 is 0 Å². The molecule has 1 unspecified atom stereocenters. The zero-order valence-corrected chi connectivity index (χ0v) is 20.6. The van der Waals surface area contributed by atoms with Crippen molar-refractivity contribution < 1.29 is 9.28 Å². The Kier molecular flexibility index (Phi) is 8.21. The summed E-state index contributed by atoms with van der Waals surface area (Å²) in [5, 5.41) is 2.65. The number of quaternary nitrogens is 1. The van der Waals surface area contributed by atoms with Crippen LogP contribution in [0.2, 0.25) is 0 Å². The molecule has 0 saturated carbocycles. The highest BCUT2D eigenvalue weighted by molar-refractivity contribution is 7.44. The Morgan fingerprint density at radius 1 is 1.13 bits per heavy atom. The van der Waals surface area contributed by atoms with Crippen LogP contribution in [0.5, 0.6) is 0 Å². The van der Waals surface area contributed by atoms with Crippen LogP contribution in [0.1, 0.15) is 25.0 Å². The summed E-state index contributed by atoms with van der Waals surface area (Å²) >= 11 is 0. The van der Waals surface area contributed by atoms with Gasteiger partial charge < -0.3 is 14.1 Å². The fourth-order valence-corrected chi connectivity index (χ4v) is 5.31. The number of hydrogen-bond donors (Lipinski definition) is 1. The number of rotatable bonds is 7. The number of aromatic nitrogens is 3. The molecule has 0 spiro atoms. The molecule has 0 saturated heterocycles. The molecule has 31 heavy (non-hydrogen) atoms. The molecule has 1 N–H and O–H groups in total. The molecule has 0 fully saturated rings. The number of likely N-dealkylation sites (N-methyl/N-ethyl adjacent to an activating group) is 1. The Morgan fingerprint density at radius 3 is 2.35 bits per heavy atom. The number of hydrogen-bond acceptors (Lipinski definition) is 4. The molecule has 1 atom stereocenters. The van der Waals surface area contributed by atoms with Crippen LogP contribution in [0.4, 0.5) is 0 Å². The fraction of sp³-hybridized carbons (Fsp3) is 0.545. The largest absolute Gasteiger partial charge is 0.355 e. The first-order valence-electron chi connectivity index (χ1n) is 10.5. The SMILES string of the molecule is CCp1c(=O)n(CC[N+](C)(C)C)c(=O)cnc2cc(C)c(C)cc2n1CCNC(C)=O. The van der Waals surface area contributed by atoms with Gasteiger partial charge in [0.05, 0.1) is 51.5 Å². The molecular weight excluding hydrogens is 413 g/mol. The molecule has 2 rings (SSSR count). The first kappa shape index (κ1) is 24.8. The molecule has 1 aromatic carbocycles. The van der Waals surface area contributed by atoms with Crippen LogP contribution >= 0.6 is 7.69 Å². The average Bonchev–Trinajstić information content (AvgIpc) is 2.69. The first-order chi connectivity index (χ1) is 14.4. The quantitative estimate of drug-likeness (QED) is 0.658. The Labute approximate surface area is 184 Å². The third kappa shape index (κ3) is 6.52. The molecule has 1 amide bonds. The fourth-order valence-electron chi connectivity index (χ4n) is 3.25. The van der Waals surface area contributed by atoms with Crippen molar-refractivity contribution in [1.82, 2.24) is 19.2 Å². The van der Waals surface area contributed by atoms with E-state index in [1.807, 2.05) is 58.4 Å². The van der Waals surface area contributed by atoms with E-state index in [1.54, 1.807) is 0 Å². The van der Waals surface area contributed by atoms with Crippen molar-refractivity contribution in [2.45, 2.75) is 46.9 Å². The predicted molar refractivity (Wildman–Crippen MR) is 127 cm³/mol. The third-order valence-electron chi connectivity index (χ3n) is 5.18. The smallest absolute Gasteiger partial charge is 0.287 e. The molecule has 0 aliphatic carbocycles. The predicted octanol–water partition coefficient (Wildman–Crippen LogP) is 2.15. The van der Waals surface area contributed by atoms with Crippen LogP contribution < -0.4 is 16.2 Å². The zero-order chi connectivity index (χ0) is 23.3. The van der Waals surface area contributed by atoms with Gasteiger partial charge in [0.2, 0.25) is 5.91 Å². The zero-order valence-electron chi connectivity index (χ0n) is 19.7. The number of fused-ring (bicyclic) bond motifs is 1. The summed E-state index contributed by atoms with van der Waals surface area (Å²) in [5.74, 6) is -0.116. The van der Waals surface area contributed by atoms with Crippen molar-refractivity contribution in [3.05, 3.63) is 49.9 Å². The van der Waals surface area contributed by atoms with Gasteiger partial charge in [0.15, 0.2) is 0 Å². The molecule has 9 heteroatoms. The molecule has 1 aromatic heterocycles. The lowest BCUT2D eigenvalue weighted by Crippen LogP contribution is -2.41. The molecule has 170 valence electrons. The number of nitrogens with one attached hydrogen (secondary N) is 1. The second kappa shape index (κ2) is 10.2. The van der Waals surface area contributed by atoms with Gasteiger partial charge in [-0.3, -0.25) is 19.0 Å². The van der Waals surface area contributed by atoms with E-state index in [-0.39, 0.29) is 16.8 Å². The maximum Gasteiger partial charge on any atom is 0.287 e. The van der Waals surface area contributed by atoms with Crippen molar-refractivity contribution in [2.75, 3.05) is 34.2 Å². The number of carbonyl (C=O) groups excluding carboxylic acids is 1. The first-order valence-corrected chi connectivity index (χ1v) is 12.0. The maximum atomic E-state index is 13.6. The summed E-state index contributed by atoms with van der Waals surface area (Å²) in [7, 11) is 4.75. The van der Waals surface area contributed by atoms with E-state index in [0.29, 0.717) is 42.3 Å². The topological polar surface area (TPSA) is 86.0 Å². The van der Waals surface area contributed by atoms with Crippen molar-refractivity contribution >= 4 is 24.6 Å². The summed E-state index contributed by atoms with van der Waals surface area (Å²) < 4.78 is 4.03. The van der Waals surface area contributed by atoms with E-state index in [0.717, 1.165) is 16.6 Å². The number of carbonyl (C=O) groups is 1. The average molecular weight is 449 g/mol. The van der Waals surface area contributed by atoms with Crippen LogP contribution in [-0.4, -0.2) is 58.5 Å². The van der Waals surface area contributed by atoms with Crippen molar-refractivity contribution in [1.29, 1.82) is 0 Å².